The Morgan fingerprint density at radius 3 is 2.56 bits per heavy atom. The number of esters is 1. The molecule has 0 fully saturated rings. The molecular formula is C18H17ClFNO3S. The van der Waals surface area contributed by atoms with E-state index in [2.05, 4.69) is 5.32 Å². The third-order valence-electron chi connectivity index (χ3n) is 3.17. The molecule has 0 aliphatic heterocycles. The maximum absolute atomic E-state index is 12.8. The first-order valence-electron chi connectivity index (χ1n) is 7.58. The van der Waals surface area contributed by atoms with Gasteiger partial charge in [-0.1, -0.05) is 23.7 Å². The third kappa shape index (κ3) is 6.07. The van der Waals surface area contributed by atoms with Crippen molar-refractivity contribution in [3.63, 3.8) is 0 Å². The van der Waals surface area contributed by atoms with Crippen LogP contribution in [0.1, 0.15) is 22.8 Å². The van der Waals surface area contributed by atoms with Gasteiger partial charge in [-0.15, -0.1) is 11.8 Å². The molecule has 0 aromatic heterocycles. The second kappa shape index (κ2) is 9.44. The highest BCUT2D eigenvalue weighted by molar-refractivity contribution is 7.99. The Labute approximate surface area is 154 Å². The number of ether oxygens (including phenoxy) is 1. The number of hydrogen-bond acceptors (Lipinski definition) is 4. The summed E-state index contributed by atoms with van der Waals surface area (Å²) in [6.45, 7) is 2.00. The van der Waals surface area contributed by atoms with Crippen LogP contribution in [-0.2, 0) is 15.3 Å². The molecule has 1 N–H and O–H groups in total. The summed E-state index contributed by atoms with van der Waals surface area (Å²) in [6.07, 6.45) is 0. The molecular weight excluding hydrogens is 365 g/mol. The van der Waals surface area contributed by atoms with Gasteiger partial charge in [-0.05, 0) is 42.8 Å². The van der Waals surface area contributed by atoms with E-state index in [-0.39, 0.29) is 29.1 Å². The zero-order chi connectivity index (χ0) is 18.2. The molecule has 2 rings (SSSR count). The van der Waals surface area contributed by atoms with Gasteiger partial charge in [-0.25, -0.2) is 9.18 Å². The smallest absolute Gasteiger partial charge is 0.338 e. The molecule has 4 nitrogen and oxygen atoms in total. The van der Waals surface area contributed by atoms with Gasteiger partial charge in [0, 0.05) is 5.75 Å². The summed E-state index contributed by atoms with van der Waals surface area (Å²) in [6, 6.07) is 10.7. The van der Waals surface area contributed by atoms with Crippen LogP contribution in [0.15, 0.2) is 42.5 Å². The molecule has 0 aliphatic carbocycles. The fourth-order valence-electron chi connectivity index (χ4n) is 1.99. The molecule has 0 spiro atoms. The summed E-state index contributed by atoms with van der Waals surface area (Å²) in [7, 11) is 0. The number of nitrogens with one attached hydrogen (secondary N) is 1. The fraction of sp³-hybridized carbons (Fsp3) is 0.222. The largest absolute Gasteiger partial charge is 0.462 e. The fourth-order valence-corrected chi connectivity index (χ4v) is 3.00. The first kappa shape index (κ1) is 19.3. The van der Waals surface area contributed by atoms with E-state index in [0.29, 0.717) is 17.0 Å². The summed E-state index contributed by atoms with van der Waals surface area (Å²) in [4.78, 5) is 23.6. The lowest BCUT2D eigenvalue weighted by atomic mass is 10.2. The molecule has 2 aromatic carbocycles. The molecule has 0 bridgehead atoms. The van der Waals surface area contributed by atoms with Crippen LogP contribution in [0, 0.1) is 5.82 Å². The highest BCUT2D eigenvalue weighted by atomic mass is 35.5. The lowest BCUT2D eigenvalue weighted by Crippen LogP contribution is -2.15. The van der Waals surface area contributed by atoms with Crippen LogP contribution in [0.5, 0.6) is 0 Å². The van der Waals surface area contributed by atoms with Crippen molar-refractivity contribution in [2.24, 2.45) is 0 Å². The van der Waals surface area contributed by atoms with Crippen molar-refractivity contribution in [1.82, 2.24) is 0 Å². The number of anilines is 1. The average Bonchev–Trinajstić information content (AvgIpc) is 2.58. The number of hydrogen-bond donors (Lipinski definition) is 1. The van der Waals surface area contributed by atoms with Gasteiger partial charge in [0.2, 0.25) is 5.91 Å². The summed E-state index contributed by atoms with van der Waals surface area (Å²) in [5.41, 5.74) is 1.70. The Kier molecular flexibility index (Phi) is 7.28. The van der Waals surface area contributed by atoms with Gasteiger partial charge in [0.1, 0.15) is 5.82 Å². The van der Waals surface area contributed by atoms with Gasteiger partial charge in [-0.3, -0.25) is 4.79 Å². The minimum atomic E-state index is -0.461. The van der Waals surface area contributed by atoms with E-state index in [0.717, 1.165) is 5.56 Å². The van der Waals surface area contributed by atoms with Crippen molar-refractivity contribution in [2.45, 2.75) is 12.7 Å². The Morgan fingerprint density at radius 1 is 1.20 bits per heavy atom. The molecule has 25 heavy (non-hydrogen) atoms. The monoisotopic (exact) mass is 381 g/mol. The van der Waals surface area contributed by atoms with Crippen LogP contribution < -0.4 is 5.32 Å². The normalized spacial score (nSPS) is 10.4. The van der Waals surface area contributed by atoms with E-state index < -0.39 is 5.97 Å². The number of thioether (sulfide) groups is 1. The van der Waals surface area contributed by atoms with E-state index in [1.165, 1.54) is 30.0 Å². The molecule has 0 unspecified atom stereocenters. The van der Waals surface area contributed by atoms with E-state index in [1.807, 2.05) is 0 Å². The zero-order valence-electron chi connectivity index (χ0n) is 13.6. The maximum Gasteiger partial charge on any atom is 0.338 e. The van der Waals surface area contributed by atoms with Crippen LogP contribution in [0.2, 0.25) is 5.02 Å². The summed E-state index contributed by atoms with van der Waals surface area (Å²) in [5.74, 6) is -0.126. The molecule has 132 valence electrons. The summed E-state index contributed by atoms with van der Waals surface area (Å²) >= 11 is 7.51. The highest BCUT2D eigenvalue weighted by Gasteiger charge is 2.11. The topological polar surface area (TPSA) is 55.4 Å². The lowest BCUT2D eigenvalue weighted by molar-refractivity contribution is -0.113. The second-order valence-corrected chi connectivity index (χ2v) is 6.48. The first-order valence-corrected chi connectivity index (χ1v) is 9.11. The number of benzene rings is 2. The predicted molar refractivity (Wildman–Crippen MR) is 98.6 cm³/mol. The van der Waals surface area contributed by atoms with Crippen molar-refractivity contribution in [3.05, 3.63) is 64.4 Å². The molecule has 0 radical (unpaired) electrons. The van der Waals surface area contributed by atoms with Gasteiger partial charge in [0.05, 0.1) is 28.6 Å². The van der Waals surface area contributed by atoms with Gasteiger partial charge < -0.3 is 10.1 Å². The van der Waals surface area contributed by atoms with Gasteiger partial charge in [0.25, 0.3) is 0 Å². The maximum atomic E-state index is 12.8. The van der Waals surface area contributed by atoms with Crippen molar-refractivity contribution in [1.29, 1.82) is 0 Å². The molecule has 0 heterocycles. The number of rotatable bonds is 7. The van der Waals surface area contributed by atoms with Crippen molar-refractivity contribution < 1.29 is 18.7 Å². The summed E-state index contributed by atoms with van der Waals surface area (Å²) in [5, 5.41) is 2.97. The quantitative estimate of drug-likeness (QED) is 0.716. The van der Waals surface area contributed by atoms with Gasteiger partial charge in [-0.2, -0.15) is 0 Å². The zero-order valence-corrected chi connectivity index (χ0v) is 15.1. The van der Waals surface area contributed by atoms with Gasteiger partial charge in [0.15, 0.2) is 0 Å². The molecule has 0 atom stereocenters. The molecule has 0 saturated heterocycles. The Balaban J connectivity index is 1.85. The van der Waals surface area contributed by atoms with Crippen LogP contribution in [0.3, 0.4) is 0 Å². The number of carbonyl (C=O) groups excluding carboxylic acids is 2. The second-order valence-electron chi connectivity index (χ2n) is 5.08. The van der Waals surface area contributed by atoms with Crippen LogP contribution in [-0.4, -0.2) is 24.2 Å². The predicted octanol–water partition coefficient (Wildman–Crippen LogP) is 4.53. The van der Waals surface area contributed by atoms with Crippen LogP contribution in [0.25, 0.3) is 0 Å². The third-order valence-corrected chi connectivity index (χ3v) is 4.49. The Hall–Kier alpha value is -2.05. The minimum Gasteiger partial charge on any atom is -0.462 e. The van der Waals surface area contributed by atoms with Crippen LogP contribution in [0.4, 0.5) is 10.1 Å². The Bertz CT molecular complexity index is 752. The number of amides is 1. The molecule has 7 heteroatoms. The van der Waals surface area contributed by atoms with Crippen molar-refractivity contribution >= 4 is 40.9 Å². The minimum absolute atomic E-state index is 0.210. The molecule has 0 saturated carbocycles. The standard InChI is InChI=1S/C18H17ClFNO3S/c1-2-24-18(23)13-5-8-16(15(19)9-13)21-17(22)11-25-10-12-3-6-14(20)7-4-12/h3-9H,2,10-11H2,1H3,(H,21,22). The van der Waals surface area contributed by atoms with Crippen LogP contribution >= 0.6 is 23.4 Å². The number of halogens is 2. The lowest BCUT2D eigenvalue weighted by Gasteiger charge is -2.09. The number of carbonyl (C=O) groups is 2. The average molecular weight is 382 g/mol. The van der Waals surface area contributed by atoms with Crippen molar-refractivity contribution in [2.75, 3.05) is 17.7 Å². The molecule has 1 amide bonds. The van der Waals surface area contributed by atoms with E-state index in [1.54, 1.807) is 31.2 Å². The van der Waals surface area contributed by atoms with E-state index >= 15 is 0 Å². The SMILES string of the molecule is CCOC(=O)c1ccc(NC(=O)CSCc2ccc(F)cc2)c(Cl)c1. The molecule has 0 aliphatic rings. The van der Waals surface area contributed by atoms with E-state index in [4.69, 9.17) is 16.3 Å². The summed E-state index contributed by atoms with van der Waals surface area (Å²) < 4.78 is 17.7. The van der Waals surface area contributed by atoms with Gasteiger partial charge >= 0.3 is 5.97 Å². The van der Waals surface area contributed by atoms with Crippen molar-refractivity contribution in [3.8, 4) is 0 Å². The van der Waals surface area contributed by atoms with E-state index in [9.17, 15) is 14.0 Å². The molecule has 2 aromatic rings. The first-order chi connectivity index (χ1) is 12.0. The Morgan fingerprint density at radius 2 is 1.92 bits per heavy atom. The highest BCUT2D eigenvalue weighted by Crippen LogP contribution is 2.24.